The van der Waals surface area contributed by atoms with Crippen LogP contribution >= 0.6 is 23.2 Å². The van der Waals surface area contributed by atoms with Crippen LogP contribution in [0.3, 0.4) is 0 Å². The smallest absolute Gasteiger partial charge is 0.338 e. The molecule has 14 heteroatoms. The molecule has 50 heavy (non-hydrogen) atoms. The highest BCUT2D eigenvalue weighted by Crippen LogP contribution is 2.58. The molecule has 6 rings (SSSR count). The molecule has 11 nitrogen and oxygen atoms in total. The highest BCUT2D eigenvalue weighted by Gasteiger charge is 2.67. The van der Waals surface area contributed by atoms with E-state index in [4.69, 9.17) is 32.7 Å². The van der Waals surface area contributed by atoms with Crippen molar-refractivity contribution in [1.29, 1.82) is 0 Å². The number of esters is 1. The molecule has 0 saturated carbocycles. The van der Waals surface area contributed by atoms with E-state index >= 15 is 4.39 Å². The summed E-state index contributed by atoms with van der Waals surface area (Å²) >= 11 is 12.7. The van der Waals surface area contributed by atoms with E-state index in [9.17, 15) is 24.8 Å². The van der Waals surface area contributed by atoms with E-state index in [1.165, 1.54) is 25.3 Å². The van der Waals surface area contributed by atoms with E-state index in [1.807, 2.05) is 36.1 Å². The number of hydrogen-bond acceptors (Lipinski definition) is 9. The Morgan fingerprint density at radius 1 is 1.12 bits per heavy atom. The zero-order valence-corrected chi connectivity index (χ0v) is 28.5. The summed E-state index contributed by atoms with van der Waals surface area (Å²) in [6.45, 7) is 1.79. The highest BCUT2D eigenvalue weighted by molar-refractivity contribution is 6.31. The van der Waals surface area contributed by atoms with Crippen molar-refractivity contribution in [1.82, 2.24) is 10.2 Å². The van der Waals surface area contributed by atoms with Gasteiger partial charge in [-0.2, -0.15) is 0 Å². The zero-order valence-electron chi connectivity index (χ0n) is 27.0. The summed E-state index contributed by atoms with van der Waals surface area (Å²) in [5.41, 5.74) is 0.0261. The van der Waals surface area contributed by atoms with Gasteiger partial charge >= 0.3 is 5.97 Å². The van der Waals surface area contributed by atoms with Crippen LogP contribution in [0.5, 0.6) is 5.75 Å². The summed E-state index contributed by atoms with van der Waals surface area (Å²) in [6, 6.07) is 19.0. The second kappa shape index (κ2) is 14.3. The van der Waals surface area contributed by atoms with Crippen LogP contribution in [0, 0.1) is 15.9 Å². The van der Waals surface area contributed by atoms with Crippen molar-refractivity contribution in [3.63, 3.8) is 0 Å². The SMILES string of the molecule is CCOc1cccc(CN2[C@H](CO)[C@H](NCc3ccc(C(=O)OC)cc3[N+](=O)[O-])[C@@H](c3cccc(Cl)c3F)[C@@]23C(=O)Nc2cc(Cl)ccc23)c1. The topological polar surface area (TPSA) is 143 Å². The first-order chi connectivity index (χ1) is 24.0. The number of anilines is 1. The molecule has 1 spiro atoms. The van der Waals surface area contributed by atoms with E-state index in [2.05, 4.69) is 10.6 Å². The van der Waals surface area contributed by atoms with Crippen molar-refractivity contribution in [2.45, 2.75) is 43.6 Å². The van der Waals surface area contributed by atoms with Gasteiger partial charge in [0.15, 0.2) is 0 Å². The molecule has 3 N–H and O–H groups in total. The van der Waals surface area contributed by atoms with Crippen molar-refractivity contribution >= 4 is 46.5 Å². The highest BCUT2D eigenvalue weighted by atomic mass is 35.5. The number of halogens is 3. The number of methoxy groups -OCH3 is 1. The lowest BCUT2D eigenvalue weighted by Gasteiger charge is -2.39. The third-order valence-corrected chi connectivity index (χ3v) is 9.89. The molecule has 2 aliphatic heterocycles. The molecule has 0 aromatic heterocycles. The Hall–Kier alpha value is -4.59. The Labute approximate surface area is 297 Å². The molecule has 0 bridgehead atoms. The Morgan fingerprint density at radius 3 is 2.62 bits per heavy atom. The lowest BCUT2D eigenvalue weighted by atomic mass is 9.73. The molecule has 4 aromatic carbocycles. The number of aliphatic hydroxyl groups excluding tert-OH is 1. The van der Waals surface area contributed by atoms with Gasteiger partial charge in [0.1, 0.15) is 17.1 Å². The normalized spacial score (nSPS) is 21.2. The maximum absolute atomic E-state index is 16.3. The largest absolute Gasteiger partial charge is 0.494 e. The minimum Gasteiger partial charge on any atom is -0.494 e. The molecule has 2 heterocycles. The Balaban J connectivity index is 1.55. The minimum absolute atomic E-state index is 0.00627. The number of nitro groups is 1. The lowest BCUT2D eigenvalue weighted by molar-refractivity contribution is -0.385. The number of benzene rings is 4. The predicted molar refractivity (Wildman–Crippen MR) is 185 cm³/mol. The van der Waals surface area contributed by atoms with Gasteiger partial charge in [0.25, 0.3) is 5.69 Å². The van der Waals surface area contributed by atoms with Crippen molar-refractivity contribution in [2.24, 2.45) is 0 Å². The molecule has 0 unspecified atom stereocenters. The number of nitrogens with zero attached hydrogens (tertiary/aromatic N) is 2. The van der Waals surface area contributed by atoms with Crippen molar-refractivity contribution in [3.8, 4) is 5.75 Å². The number of rotatable bonds is 11. The summed E-state index contributed by atoms with van der Waals surface area (Å²) in [7, 11) is 1.17. The number of aliphatic hydroxyl groups is 1. The minimum atomic E-state index is -1.63. The maximum atomic E-state index is 16.3. The lowest BCUT2D eigenvalue weighted by Crippen LogP contribution is -2.52. The first-order valence-corrected chi connectivity index (χ1v) is 16.5. The quantitative estimate of drug-likeness (QED) is 0.0938. The first-order valence-electron chi connectivity index (χ1n) is 15.8. The second-order valence-electron chi connectivity index (χ2n) is 12.0. The number of likely N-dealkylation sites (tertiary alicyclic amines) is 1. The molecule has 1 saturated heterocycles. The number of nitro benzene ring substituents is 1. The third-order valence-electron chi connectivity index (χ3n) is 9.36. The molecule has 0 aliphatic carbocycles. The number of amides is 1. The molecule has 260 valence electrons. The van der Waals surface area contributed by atoms with E-state index in [0.717, 1.165) is 11.6 Å². The van der Waals surface area contributed by atoms with Crippen molar-refractivity contribution in [3.05, 3.63) is 133 Å². The van der Waals surface area contributed by atoms with E-state index in [1.54, 1.807) is 30.3 Å². The number of ether oxygens (including phenoxy) is 2. The van der Waals surface area contributed by atoms with E-state index in [0.29, 0.717) is 28.6 Å². The van der Waals surface area contributed by atoms with E-state index in [-0.39, 0.29) is 40.5 Å². The summed E-state index contributed by atoms with van der Waals surface area (Å²) in [6.07, 6.45) is 0. The second-order valence-corrected chi connectivity index (χ2v) is 12.8. The number of hydrogen-bond donors (Lipinski definition) is 3. The van der Waals surface area contributed by atoms with Gasteiger partial charge < -0.3 is 25.2 Å². The molecule has 4 atom stereocenters. The van der Waals surface area contributed by atoms with Gasteiger partial charge in [0.2, 0.25) is 5.91 Å². The molecule has 4 aromatic rings. The third kappa shape index (κ3) is 6.07. The maximum Gasteiger partial charge on any atom is 0.338 e. The first kappa shape index (κ1) is 35.2. The summed E-state index contributed by atoms with van der Waals surface area (Å²) < 4.78 is 26.8. The summed E-state index contributed by atoms with van der Waals surface area (Å²) in [5.74, 6) is -2.39. The Morgan fingerprint density at radius 2 is 1.90 bits per heavy atom. The zero-order chi connectivity index (χ0) is 35.7. The van der Waals surface area contributed by atoms with Gasteiger partial charge in [-0.05, 0) is 54.4 Å². The van der Waals surface area contributed by atoms with Crippen LogP contribution < -0.4 is 15.4 Å². The van der Waals surface area contributed by atoms with Crippen molar-refractivity contribution in [2.75, 3.05) is 25.6 Å². The van der Waals surface area contributed by atoms with Crippen molar-refractivity contribution < 1.29 is 33.5 Å². The molecule has 1 amide bonds. The number of carbonyl (C=O) groups excluding carboxylic acids is 2. The van der Waals surface area contributed by atoms with Crippen LogP contribution in [0.15, 0.2) is 78.9 Å². The van der Waals surface area contributed by atoms with Gasteiger partial charge in [0.05, 0.1) is 41.9 Å². The van der Waals surface area contributed by atoms with Gasteiger partial charge in [-0.25, -0.2) is 9.18 Å². The van der Waals surface area contributed by atoms with Crippen LogP contribution in [0.2, 0.25) is 10.0 Å². The molecular formula is C36H33Cl2FN4O7. The van der Waals surface area contributed by atoms with Gasteiger partial charge in [-0.15, -0.1) is 0 Å². The van der Waals surface area contributed by atoms with Gasteiger partial charge in [-0.3, -0.25) is 19.8 Å². The summed E-state index contributed by atoms with van der Waals surface area (Å²) in [4.78, 5) is 40.2. The average molecular weight is 724 g/mol. The average Bonchev–Trinajstić information content (AvgIpc) is 3.54. The Kier molecular flexibility index (Phi) is 10.1. The predicted octanol–water partition coefficient (Wildman–Crippen LogP) is 6.19. The number of carbonyl (C=O) groups is 2. The van der Waals surface area contributed by atoms with Crippen LogP contribution in [-0.4, -0.2) is 59.2 Å². The van der Waals surface area contributed by atoms with E-state index < -0.39 is 52.8 Å². The monoisotopic (exact) mass is 722 g/mol. The van der Waals surface area contributed by atoms with Gasteiger partial charge in [-0.1, -0.05) is 59.6 Å². The van der Waals surface area contributed by atoms with Crippen LogP contribution in [0.25, 0.3) is 0 Å². The Bertz CT molecular complexity index is 1980. The van der Waals surface area contributed by atoms with Gasteiger partial charge in [0, 0.05) is 53.0 Å². The van der Waals surface area contributed by atoms with Crippen LogP contribution in [0.4, 0.5) is 15.8 Å². The molecular weight excluding hydrogens is 690 g/mol. The molecule has 0 radical (unpaired) electrons. The van der Waals surface area contributed by atoms with Crippen LogP contribution in [0.1, 0.15) is 45.5 Å². The number of nitrogens with one attached hydrogen (secondary N) is 2. The molecule has 2 aliphatic rings. The standard InChI is InChI=1S/C36H33Cl2FN4O7/c1-3-50-24-7-4-6-20(14-24)18-42-30(19-44)33(40-17-22-11-10-21(34(45)49-2)15-29(22)43(47)48)31(25-8-5-9-27(38)32(25)39)36(42)26-13-12-23(37)16-28(26)41-35(36)46/h4-16,30-31,33,40,44H,3,17-19H2,1-2H3,(H,41,46)/t30-,31-,33+,36+/m1/s1. The fourth-order valence-electron chi connectivity index (χ4n) is 7.34. The fraction of sp³-hybridized carbons (Fsp3) is 0.278. The number of fused-ring (bicyclic) bond motifs is 2. The fourth-order valence-corrected chi connectivity index (χ4v) is 7.70. The van der Waals surface area contributed by atoms with Crippen LogP contribution in [-0.2, 0) is 28.2 Å². The summed E-state index contributed by atoms with van der Waals surface area (Å²) in [5, 5.41) is 29.8. The molecule has 1 fully saturated rings.